The van der Waals surface area contributed by atoms with Gasteiger partial charge in [-0.25, -0.2) is 0 Å². The number of ether oxygens (including phenoxy) is 3. The van der Waals surface area contributed by atoms with Gasteiger partial charge in [0.15, 0.2) is 5.41 Å². The summed E-state index contributed by atoms with van der Waals surface area (Å²) in [7, 11) is 0. The smallest absolute Gasteiger partial charge is 0.331 e. The molecule has 0 aromatic heterocycles. The Morgan fingerprint density at radius 1 is 0.763 bits per heavy atom. The number of benzene rings is 4. The summed E-state index contributed by atoms with van der Waals surface area (Å²) in [6.07, 6.45) is -2.68. The lowest BCUT2D eigenvalue weighted by molar-refractivity contribution is -0.139. The highest BCUT2D eigenvalue weighted by Crippen LogP contribution is 2.66. The molecule has 0 bridgehead atoms. The summed E-state index contributed by atoms with van der Waals surface area (Å²) in [6, 6.07) is 22.0. The van der Waals surface area contributed by atoms with E-state index in [1.54, 1.807) is 24.3 Å². The molecule has 1 spiro atoms. The van der Waals surface area contributed by atoms with Crippen LogP contribution in [0.1, 0.15) is 40.0 Å². The molecule has 4 atom stereocenters. The molecule has 8 heteroatoms. The minimum absolute atomic E-state index is 0.0591. The Hall–Kier alpha value is -4.69. The van der Waals surface area contributed by atoms with Gasteiger partial charge in [0.25, 0.3) is 0 Å². The summed E-state index contributed by atoms with van der Waals surface area (Å²) in [5.41, 5.74) is 0.371. The molecule has 4 N–H and O–H groups in total. The van der Waals surface area contributed by atoms with E-state index in [-0.39, 0.29) is 52.0 Å². The second kappa shape index (κ2) is 7.90. The van der Waals surface area contributed by atoms with Gasteiger partial charge in [-0.2, -0.15) is 0 Å². The number of carbonyl (C=O) groups is 1. The molecule has 38 heavy (non-hydrogen) atoms. The number of esters is 1. The molecule has 7 rings (SSSR count). The van der Waals surface area contributed by atoms with E-state index in [0.717, 1.165) is 11.6 Å². The summed E-state index contributed by atoms with van der Waals surface area (Å²) >= 11 is 0. The third-order valence-corrected chi connectivity index (χ3v) is 7.58. The van der Waals surface area contributed by atoms with E-state index in [0.29, 0.717) is 11.1 Å². The Morgan fingerprint density at radius 2 is 1.45 bits per heavy atom. The van der Waals surface area contributed by atoms with Crippen LogP contribution in [0, 0.1) is 0 Å². The van der Waals surface area contributed by atoms with E-state index in [9.17, 15) is 25.2 Å². The number of carbonyl (C=O) groups excluding carboxylic acids is 1. The van der Waals surface area contributed by atoms with Gasteiger partial charge in [0.1, 0.15) is 46.7 Å². The molecule has 0 radical (unpaired) electrons. The van der Waals surface area contributed by atoms with Crippen LogP contribution in [0.4, 0.5) is 0 Å². The number of phenolic OH excluding ortho intramolecular Hbond substituents is 3. The minimum atomic E-state index is -1.72. The van der Waals surface area contributed by atoms with E-state index < -0.39 is 29.7 Å². The zero-order valence-corrected chi connectivity index (χ0v) is 19.9. The number of phenols is 3. The van der Waals surface area contributed by atoms with Crippen LogP contribution < -0.4 is 14.2 Å². The van der Waals surface area contributed by atoms with Gasteiger partial charge in [-0.15, -0.1) is 0 Å². The lowest BCUT2D eigenvalue weighted by atomic mass is 9.69. The van der Waals surface area contributed by atoms with E-state index in [4.69, 9.17) is 14.2 Å². The summed E-state index contributed by atoms with van der Waals surface area (Å²) in [5, 5.41) is 43.2. The molecule has 8 nitrogen and oxygen atoms in total. The number of rotatable bonds is 2. The Bertz CT molecular complexity index is 1600. The first kappa shape index (κ1) is 22.5. The van der Waals surface area contributed by atoms with Crippen LogP contribution in [-0.4, -0.2) is 32.5 Å². The van der Waals surface area contributed by atoms with Crippen LogP contribution in [0.5, 0.6) is 34.5 Å². The molecular formula is C30H22O8. The lowest BCUT2D eigenvalue weighted by Crippen LogP contribution is -2.40. The number of aliphatic hydroxyl groups excluding tert-OH is 1. The highest BCUT2D eigenvalue weighted by atomic mass is 16.6. The summed E-state index contributed by atoms with van der Waals surface area (Å²) in [6.45, 7) is 0. The van der Waals surface area contributed by atoms with Gasteiger partial charge in [0, 0.05) is 30.2 Å². The number of aliphatic hydroxyl groups is 1. The number of aromatic hydroxyl groups is 3. The molecule has 4 aromatic rings. The van der Waals surface area contributed by atoms with Gasteiger partial charge < -0.3 is 34.6 Å². The highest BCUT2D eigenvalue weighted by Gasteiger charge is 2.66. The van der Waals surface area contributed by atoms with Crippen LogP contribution in [0.15, 0.2) is 78.9 Å². The van der Waals surface area contributed by atoms with Crippen molar-refractivity contribution in [2.24, 2.45) is 0 Å². The fraction of sp³-hybridized carbons (Fsp3) is 0.167. The topological polar surface area (TPSA) is 126 Å². The normalized spacial score (nSPS) is 24.7. The first-order valence-electron chi connectivity index (χ1n) is 12.2. The first-order chi connectivity index (χ1) is 18.4. The quantitative estimate of drug-likeness (QED) is 0.234. The number of hydrogen-bond donors (Lipinski definition) is 4. The minimum Gasteiger partial charge on any atom is -0.508 e. The maximum atomic E-state index is 14.0. The van der Waals surface area contributed by atoms with Crippen molar-refractivity contribution < 1.29 is 39.4 Å². The second-order valence-corrected chi connectivity index (χ2v) is 9.74. The molecule has 3 aliphatic rings. The maximum absolute atomic E-state index is 14.0. The molecule has 3 aliphatic heterocycles. The molecule has 0 saturated heterocycles. The predicted molar refractivity (Wildman–Crippen MR) is 134 cm³/mol. The fourth-order valence-electron chi connectivity index (χ4n) is 6.01. The zero-order chi connectivity index (χ0) is 26.2. The van der Waals surface area contributed by atoms with E-state index >= 15 is 0 Å². The Balaban J connectivity index is 1.53. The summed E-state index contributed by atoms with van der Waals surface area (Å²) in [5.74, 6) is -1.10. The van der Waals surface area contributed by atoms with E-state index in [1.807, 2.05) is 36.4 Å². The SMILES string of the molecule is O=C1Oc2cc(O)c3c(c2[C@]12c1c(O)cc(O)cc1O[C@@H]2c1ccccc1)O[C@H](c1ccccc1)[C@H](O)C3. The van der Waals surface area contributed by atoms with Crippen LogP contribution in [0.2, 0.25) is 0 Å². The molecule has 3 heterocycles. The molecular weight excluding hydrogens is 488 g/mol. The average molecular weight is 510 g/mol. The van der Waals surface area contributed by atoms with Crippen molar-refractivity contribution in [2.45, 2.75) is 30.1 Å². The van der Waals surface area contributed by atoms with Crippen molar-refractivity contribution in [3.63, 3.8) is 0 Å². The van der Waals surface area contributed by atoms with Crippen molar-refractivity contribution in [1.82, 2.24) is 0 Å². The van der Waals surface area contributed by atoms with Gasteiger partial charge >= 0.3 is 5.97 Å². The third-order valence-electron chi connectivity index (χ3n) is 7.58. The van der Waals surface area contributed by atoms with Crippen LogP contribution >= 0.6 is 0 Å². The molecule has 0 fully saturated rings. The lowest BCUT2D eigenvalue weighted by Gasteiger charge is -2.35. The monoisotopic (exact) mass is 510 g/mol. The van der Waals surface area contributed by atoms with E-state index in [2.05, 4.69) is 0 Å². The standard InChI is InChI=1S/C30H22O8/c31-17-11-20(33)24-22(12-17)36-28(16-9-5-2-6-10-16)30(24)25-23(37-29(30)35)14-19(32)18-13-21(34)26(38-27(18)25)15-7-3-1-4-8-15/h1-12,14,21,26,28,31-34H,13H2/t21-,26-,28-,30+/m1/s1. The average Bonchev–Trinajstić information content (AvgIpc) is 3.40. The Labute approximate surface area is 216 Å². The predicted octanol–water partition coefficient (Wildman–Crippen LogP) is 4.18. The van der Waals surface area contributed by atoms with E-state index in [1.165, 1.54) is 12.1 Å². The molecule has 0 unspecified atom stereocenters. The summed E-state index contributed by atoms with van der Waals surface area (Å²) in [4.78, 5) is 14.0. The largest absolute Gasteiger partial charge is 0.508 e. The van der Waals surface area contributed by atoms with Crippen molar-refractivity contribution in [1.29, 1.82) is 0 Å². The van der Waals surface area contributed by atoms with Gasteiger partial charge in [-0.3, -0.25) is 4.79 Å². The third kappa shape index (κ3) is 2.92. The molecule has 0 amide bonds. The highest BCUT2D eigenvalue weighted by molar-refractivity contribution is 6.00. The van der Waals surface area contributed by atoms with Gasteiger partial charge in [-0.05, 0) is 11.1 Å². The summed E-state index contributed by atoms with van der Waals surface area (Å²) < 4.78 is 18.5. The molecule has 0 saturated carbocycles. The Morgan fingerprint density at radius 3 is 2.16 bits per heavy atom. The second-order valence-electron chi connectivity index (χ2n) is 9.74. The van der Waals surface area contributed by atoms with Gasteiger partial charge in [0.05, 0.1) is 17.2 Å². The zero-order valence-electron chi connectivity index (χ0n) is 19.9. The van der Waals surface area contributed by atoms with Crippen molar-refractivity contribution >= 4 is 5.97 Å². The maximum Gasteiger partial charge on any atom is 0.331 e. The van der Waals surface area contributed by atoms with Crippen molar-refractivity contribution in [2.75, 3.05) is 0 Å². The van der Waals surface area contributed by atoms with Crippen LogP contribution in [0.25, 0.3) is 0 Å². The molecule has 4 aromatic carbocycles. The van der Waals surface area contributed by atoms with Crippen molar-refractivity contribution in [3.05, 3.63) is 107 Å². The molecule has 190 valence electrons. The number of fused-ring (bicyclic) bond motifs is 6. The number of hydrogen-bond acceptors (Lipinski definition) is 8. The fourth-order valence-corrected chi connectivity index (χ4v) is 6.01. The first-order valence-corrected chi connectivity index (χ1v) is 12.2. The van der Waals surface area contributed by atoms with Gasteiger partial charge in [-0.1, -0.05) is 60.7 Å². The van der Waals surface area contributed by atoms with Crippen molar-refractivity contribution in [3.8, 4) is 34.5 Å². The van der Waals surface area contributed by atoms with Crippen LogP contribution in [-0.2, 0) is 16.6 Å². The Kier molecular flexibility index (Phi) is 4.68. The van der Waals surface area contributed by atoms with Gasteiger partial charge in [0.2, 0.25) is 0 Å². The van der Waals surface area contributed by atoms with Crippen LogP contribution in [0.3, 0.4) is 0 Å². The molecule has 0 aliphatic carbocycles.